The van der Waals surface area contributed by atoms with E-state index < -0.39 is 22.0 Å². The average Bonchev–Trinajstić information content (AvgIpc) is 2.65. The largest absolute Gasteiger partial charge is 0.464 e. The van der Waals surface area contributed by atoms with Crippen LogP contribution in [0, 0.1) is 0 Å². The second-order valence-corrected chi connectivity index (χ2v) is 5.16. The van der Waals surface area contributed by atoms with Gasteiger partial charge in [-0.05, 0) is 12.1 Å². The van der Waals surface area contributed by atoms with Crippen molar-refractivity contribution in [2.75, 3.05) is 6.61 Å². The molecule has 0 amide bonds. The summed E-state index contributed by atoms with van der Waals surface area (Å²) in [7, 11) is -3.63. The van der Waals surface area contributed by atoms with E-state index in [1.165, 1.54) is 12.1 Å². The predicted molar refractivity (Wildman–Crippen MR) is 56.1 cm³/mol. The van der Waals surface area contributed by atoms with Crippen LogP contribution in [0.1, 0.15) is 6.42 Å². The van der Waals surface area contributed by atoms with Gasteiger partial charge in [-0.15, -0.1) is 0 Å². The van der Waals surface area contributed by atoms with Gasteiger partial charge < -0.3 is 4.74 Å². The third kappa shape index (κ3) is 2.23. The molecule has 2 rings (SSSR count). The molecule has 0 spiro atoms. The summed E-state index contributed by atoms with van der Waals surface area (Å²) >= 11 is 0. The summed E-state index contributed by atoms with van der Waals surface area (Å²) in [4.78, 5) is 11.3. The van der Waals surface area contributed by atoms with Crippen LogP contribution >= 0.6 is 0 Å². The Balaban J connectivity index is 2.18. The van der Waals surface area contributed by atoms with Gasteiger partial charge in [-0.3, -0.25) is 4.79 Å². The van der Waals surface area contributed by atoms with E-state index in [0.29, 0.717) is 6.42 Å². The predicted octanol–water partition coefficient (Wildman–Crippen LogP) is 0.280. The maximum absolute atomic E-state index is 11.8. The number of hydrogen-bond acceptors (Lipinski definition) is 4. The molecule has 0 aromatic heterocycles. The second kappa shape index (κ2) is 4.23. The Morgan fingerprint density at radius 3 is 2.50 bits per heavy atom. The summed E-state index contributed by atoms with van der Waals surface area (Å²) in [6, 6.07) is 7.17. The topological polar surface area (TPSA) is 72.5 Å². The van der Waals surface area contributed by atoms with E-state index in [1.807, 2.05) is 0 Å². The molecule has 1 aromatic carbocycles. The molecule has 1 saturated heterocycles. The van der Waals surface area contributed by atoms with Crippen LogP contribution in [-0.2, 0) is 19.6 Å². The van der Waals surface area contributed by atoms with Crippen LogP contribution in [0.25, 0.3) is 0 Å². The number of ether oxygens (including phenoxy) is 1. The van der Waals surface area contributed by atoms with Gasteiger partial charge in [0, 0.05) is 6.42 Å². The van der Waals surface area contributed by atoms with Crippen LogP contribution in [0.3, 0.4) is 0 Å². The Kier molecular flexibility index (Phi) is 2.93. The molecule has 16 heavy (non-hydrogen) atoms. The monoisotopic (exact) mass is 241 g/mol. The molecular weight excluding hydrogens is 230 g/mol. The zero-order chi connectivity index (χ0) is 11.6. The molecule has 0 radical (unpaired) electrons. The van der Waals surface area contributed by atoms with Gasteiger partial charge in [-0.1, -0.05) is 18.2 Å². The lowest BCUT2D eigenvalue weighted by Crippen LogP contribution is -2.37. The van der Waals surface area contributed by atoms with Crippen molar-refractivity contribution in [3.63, 3.8) is 0 Å². The Morgan fingerprint density at radius 2 is 1.94 bits per heavy atom. The lowest BCUT2D eigenvalue weighted by Gasteiger charge is -2.09. The molecule has 1 N–H and O–H groups in total. The molecule has 86 valence electrons. The van der Waals surface area contributed by atoms with Crippen LogP contribution in [0.4, 0.5) is 0 Å². The molecule has 0 aliphatic carbocycles. The van der Waals surface area contributed by atoms with Crippen molar-refractivity contribution >= 4 is 16.0 Å². The number of sulfonamides is 1. The quantitative estimate of drug-likeness (QED) is 0.771. The highest BCUT2D eigenvalue weighted by Crippen LogP contribution is 2.12. The van der Waals surface area contributed by atoms with E-state index in [1.54, 1.807) is 18.2 Å². The van der Waals surface area contributed by atoms with Crippen molar-refractivity contribution < 1.29 is 17.9 Å². The zero-order valence-electron chi connectivity index (χ0n) is 8.42. The summed E-state index contributed by atoms with van der Waals surface area (Å²) < 4.78 is 30.6. The highest BCUT2D eigenvalue weighted by atomic mass is 32.2. The summed E-state index contributed by atoms with van der Waals surface area (Å²) in [5.74, 6) is -0.514. The minimum absolute atomic E-state index is 0.148. The highest BCUT2D eigenvalue weighted by molar-refractivity contribution is 7.89. The molecule has 5 nitrogen and oxygen atoms in total. The van der Waals surface area contributed by atoms with Gasteiger partial charge in [-0.25, -0.2) is 8.42 Å². The summed E-state index contributed by atoms with van der Waals surface area (Å²) in [5, 5.41) is 0. The van der Waals surface area contributed by atoms with Gasteiger partial charge in [-0.2, -0.15) is 4.72 Å². The van der Waals surface area contributed by atoms with Crippen molar-refractivity contribution in [1.82, 2.24) is 4.72 Å². The first-order chi connectivity index (χ1) is 7.59. The molecule has 1 aromatic rings. The zero-order valence-corrected chi connectivity index (χ0v) is 9.24. The van der Waals surface area contributed by atoms with Crippen LogP contribution in [0.5, 0.6) is 0 Å². The molecule has 1 aliphatic rings. The molecule has 6 heteroatoms. The standard InChI is InChI=1S/C10H11NO4S/c12-10-9(6-7-15-10)11-16(13,14)8-4-2-1-3-5-8/h1-5,9,11H,6-7H2/t9-/m1/s1. The van der Waals surface area contributed by atoms with Gasteiger partial charge >= 0.3 is 5.97 Å². The van der Waals surface area contributed by atoms with Gasteiger partial charge in [0.1, 0.15) is 6.04 Å². The third-order valence-electron chi connectivity index (χ3n) is 2.29. The highest BCUT2D eigenvalue weighted by Gasteiger charge is 2.30. The second-order valence-electron chi connectivity index (χ2n) is 3.44. The van der Waals surface area contributed by atoms with E-state index in [-0.39, 0.29) is 11.5 Å². The smallest absolute Gasteiger partial charge is 0.324 e. The van der Waals surface area contributed by atoms with Crippen molar-refractivity contribution in [1.29, 1.82) is 0 Å². The van der Waals surface area contributed by atoms with E-state index >= 15 is 0 Å². The van der Waals surface area contributed by atoms with Crippen molar-refractivity contribution in [2.45, 2.75) is 17.4 Å². The van der Waals surface area contributed by atoms with Crippen molar-refractivity contribution in [3.8, 4) is 0 Å². The van der Waals surface area contributed by atoms with Crippen LogP contribution in [-0.4, -0.2) is 27.0 Å². The molecule has 1 fully saturated rings. The fourth-order valence-electron chi connectivity index (χ4n) is 1.46. The van der Waals surface area contributed by atoms with E-state index in [0.717, 1.165) is 0 Å². The van der Waals surface area contributed by atoms with E-state index in [4.69, 9.17) is 0 Å². The fourth-order valence-corrected chi connectivity index (χ4v) is 2.70. The first kappa shape index (κ1) is 11.1. The minimum atomic E-state index is -3.63. The molecule has 1 heterocycles. The van der Waals surface area contributed by atoms with Crippen LogP contribution < -0.4 is 4.72 Å². The molecule has 0 unspecified atom stereocenters. The van der Waals surface area contributed by atoms with Crippen LogP contribution in [0.2, 0.25) is 0 Å². The fraction of sp³-hybridized carbons (Fsp3) is 0.300. The minimum Gasteiger partial charge on any atom is -0.464 e. The van der Waals surface area contributed by atoms with Gasteiger partial charge in [0.25, 0.3) is 0 Å². The van der Waals surface area contributed by atoms with E-state index in [2.05, 4.69) is 9.46 Å². The first-order valence-corrected chi connectivity index (χ1v) is 6.32. The van der Waals surface area contributed by atoms with Crippen molar-refractivity contribution in [2.24, 2.45) is 0 Å². The maximum atomic E-state index is 11.8. The van der Waals surface area contributed by atoms with Gasteiger partial charge in [0.2, 0.25) is 10.0 Å². The Morgan fingerprint density at radius 1 is 1.25 bits per heavy atom. The number of benzene rings is 1. The summed E-state index contributed by atoms with van der Waals surface area (Å²) in [6.07, 6.45) is 0.380. The number of carbonyl (C=O) groups is 1. The lowest BCUT2D eigenvalue weighted by molar-refractivity contribution is -0.139. The third-order valence-corrected chi connectivity index (χ3v) is 3.77. The number of hydrogen-bond donors (Lipinski definition) is 1. The van der Waals surface area contributed by atoms with Crippen LogP contribution in [0.15, 0.2) is 35.2 Å². The number of rotatable bonds is 3. The molecule has 1 aliphatic heterocycles. The average molecular weight is 241 g/mol. The number of esters is 1. The Hall–Kier alpha value is -1.40. The molecule has 0 saturated carbocycles. The SMILES string of the molecule is O=C1OCC[C@H]1NS(=O)(=O)c1ccccc1. The Labute approximate surface area is 93.5 Å². The number of carbonyl (C=O) groups excluding carboxylic acids is 1. The first-order valence-electron chi connectivity index (χ1n) is 4.83. The lowest BCUT2D eigenvalue weighted by atomic mass is 10.3. The normalized spacial score (nSPS) is 20.8. The summed E-state index contributed by atoms with van der Waals surface area (Å²) in [6.45, 7) is 0.265. The number of cyclic esters (lactones) is 1. The molecule has 0 bridgehead atoms. The van der Waals surface area contributed by atoms with Gasteiger partial charge in [0.15, 0.2) is 0 Å². The molecular formula is C10H11NO4S. The van der Waals surface area contributed by atoms with E-state index in [9.17, 15) is 13.2 Å². The van der Waals surface area contributed by atoms with Gasteiger partial charge in [0.05, 0.1) is 11.5 Å². The Bertz CT molecular complexity index is 483. The summed E-state index contributed by atoms with van der Waals surface area (Å²) in [5.41, 5.74) is 0. The number of nitrogens with one attached hydrogen (secondary N) is 1. The maximum Gasteiger partial charge on any atom is 0.324 e. The molecule has 1 atom stereocenters. The van der Waals surface area contributed by atoms with Crippen molar-refractivity contribution in [3.05, 3.63) is 30.3 Å².